The average molecular weight is 241 g/mol. The van der Waals surface area contributed by atoms with E-state index in [1.54, 1.807) is 0 Å². The minimum absolute atomic E-state index is 0.443. The molecule has 1 atom stereocenters. The smallest absolute Gasteiger partial charge is 0.316 e. The van der Waals surface area contributed by atoms with Crippen LogP contribution in [0.25, 0.3) is 0 Å². The van der Waals surface area contributed by atoms with Crippen molar-refractivity contribution in [2.75, 3.05) is 13.1 Å². The van der Waals surface area contributed by atoms with Crippen molar-refractivity contribution in [2.24, 2.45) is 5.92 Å². The zero-order valence-corrected chi connectivity index (χ0v) is 9.54. The van der Waals surface area contributed by atoms with E-state index < -0.39 is 17.1 Å². The second kappa shape index (κ2) is 5.27. The SMILES string of the molecule is O=c1[nH]c(=O)n(CCC2CCCNC2)cc1F. The third-order valence-corrected chi connectivity index (χ3v) is 3.14. The van der Waals surface area contributed by atoms with E-state index in [0.717, 1.165) is 38.5 Å². The molecule has 0 spiro atoms. The van der Waals surface area contributed by atoms with Crippen LogP contribution in [0.1, 0.15) is 19.3 Å². The van der Waals surface area contributed by atoms with Crippen LogP contribution in [-0.4, -0.2) is 22.6 Å². The summed E-state index contributed by atoms with van der Waals surface area (Å²) in [6.45, 7) is 2.43. The molecule has 2 N–H and O–H groups in total. The van der Waals surface area contributed by atoms with Crippen LogP contribution in [0.5, 0.6) is 0 Å². The van der Waals surface area contributed by atoms with Gasteiger partial charge in [-0.25, -0.2) is 4.79 Å². The normalized spacial score (nSPS) is 20.4. The first kappa shape index (κ1) is 12.0. The molecule has 1 fully saturated rings. The van der Waals surface area contributed by atoms with Crippen LogP contribution in [-0.2, 0) is 6.54 Å². The molecule has 1 aliphatic rings. The number of H-pyrrole nitrogens is 1. The largest absolute Gasteiger partial charge is 0.328 e. The van der Waals surface area contributed by atoms with Gasteiger partial charge < -0.3 is 5.32 Å². The first-order valence-corrected chi connectivity index (χ1v) is 5.87. The molecular weight excluding hydrogens is 225 g/mol. The van der Waals surface area contributed by atoms with Crippen LogP contribution >= 0.6 is 0 Å². The van der Waals surface area contributed by atoms with Crippen molar-refractivity contribution >= 4 is 0 Å². The van der Waals surface area contributed by atoms with Gasteiger partial charge in [-0.3, -0.25) is 14.3 Å². The van der Waals surface area contributed by atoms with Gasteiger partial charge >= 0.3 is 5.69 Å². The van der Waals surface area contributed by atoms with Crippen LogP contribution in [0.2, 0.25) is 0 Å². The van der Waals surface area contributed by atoms with E-state index in [4.69, 9.17) is 0 Å². The monoisotopic (exact) mass is 241 g/mol. The molecule has 1 aliphatic heterocycles. The Bertz CT molecular complexity index is 488. The number of nitrogens with zero attached hydrogens (tertiary/aromatic N) is 1. The summed E-state index contributed by atoms with van der Waals surface area (Å²) in [4.78, 5) is 24.2. The van der Waals surface area contributed by atoms with Gasteiger partial charge in [-0.15, -0.1) is 0 Å². The van der Waals surface area contributed by atoms with E-state index in [1.807, 2.05) is 4.98 Å². The second-order valence-electron chi connectivity index (χ2n) is 4.43. The van der Waals surface area contributed by atoms with Gasteiger partial charge in [0.05, 0.1) is 6.20 Å². The molecule has 2 rings (SSSR count). The van der Waals surface area contributed by atoms with Crippen molar-refractivity contribution in [3.63, 3.8) is 0 Å². The summed E-state index contributed by atoms with van der Waals surface area (Å²) >= 11 is 0. The Kier molecular flexibility index (Phi) is 3.73. The molecule has 0 saturated carbocycles. The van der Waals surface area contributed by atoms with E-state index in [9.17, 15) is 14.0 Å². The summed E-state index contributed by atoms with van der Waals surface area (Å²) in [5.41, 5.74) is -1.49. The standard InChI is InChI=1S/C11H16FN3O2/c12-9-7-15(11(17)14-10(9)16)5-3-8-2-1-4-13-6-8/h7-8,13H,1-6H2,(H,14,16,17). The van der Waals surface area contributed by atoms with E-state index in [0.29, 0.717) is 12.5 Å². The van der Waals surface area contributed by atoms with E-state index in [-0.39, 0.29) is 0 Å². The summed E-state index contributed by atoms with van der Waals surface area (Å²) < 4.78 is 14.2. The number of aryl methyl sites for hydroxylation is 1. The maximum absolute atomic E-state index is 13.0. The number of rotatable bonds is 3. The van der Waals surface area contributed by atoms with E-state index >= 15 is 0 Å². The molecule has 5 nitrogen and oxygen atoms in total. The van der Waals surface area contributed by atoms with Crippen LogP contribution in [0, 0.1) is 11.7 Å². The molecule has 0 amide bonds. The highest BCUT2D eigenvalue weighted by Gasteiger charge is 2.13. The summed E-state index contributed by atoms with van der Waals surface area (Å²) in [6, 6.07) is 0. The minimum atomic E-state index is -0.953. The lowest BCUT2D eigenvalue weighted by Gasteiger charge is -2.22. The highest BCUT2D eigenvalue weighted by atomic mass is 19.1. The van der Waals surface area contributed by atoms with Crippen molar-refractivity contribution in [3.05, 3.63) is 32.9 Å². The second-order valence-corrected chi connectivity index (χ2v) is 4.43. The summed E-state index contributed by atoms with van der Waals surface area (Å²) in [7, 11) is 0. The summed E-state index contributed by atoms with van der Waals surface area (Å²) in [6.07, 6.45) is 4.07. The third kappa shape index (κ3) is 3.03. The molecule has 0 radical (unpaired) electrons. The van der Waals surface area contributed by atoms with Crippen molar-refractivity contribution in [1.82, 2.24) is 14.9 Å². The number of aromatic nitrogens is 2. The number of hydrogen-bond donors (Lipinski definition) is 2. The Morgan fingerprint density at radius 1 is 1.47 bits per heavy atom. The molecule has 1 saturated heterocycles. The molecule has 1 aromatic rings. The van der Waals surface area contributed by atoms with Crippen LogP contribution < -0.4 is 16.6 Å². The average Bonchev–Trinajstić information content (AvgIpc) is 2.33. The maximum Gasteiger partial charge on any atom is 0.328 e. The van der Waals surface area contributed by atoms with Gasteiger partial charge in [0.2, 0.25) is 5.82 Å². The Morgan fingerprint density at radius 3 is 3.00 bits per heavy atom. The van der Waals surface area contributed by atoms with Gasteiger partial charge in [-0.2, -0.15) is 4.39 Å². The molecule has 1 unspecified atom stereocenters. The van der Waals surface area contributed by atoms with Gasteiger partial charge in [-0.05, 0) is 38.3 Å². The van der Waals surface area contributed by atoms with Gasteiger partial charge in [0, 0.05) is 6.54 Å². The Balaban J connectivity index is 2.01. The lowest BCUT2D eigenvalue weighted by Crippen LogP contribution is -2.34. The molecule has 0 bridgehead atoms. The molecule has 6 heteroatoms. The van der Waals surface area contributed by atoms with Gasteiger partial charge in [-0.1, -0.05) is 0 Å². The molecule has 17 heavy (non-hydrogen) atoms. The maximum atomic E-state index is 13.0. The fourth-order valence-electron chi connectivity index (χ4n) is 2.14. The summed E-state index contributed by atoms with van der Waals surface area (Å²) in [5, 5.41) is 3.29. The number of aromatic amines is 1. The van der Waals surface area contributed by atoms with Crippen LogP contribution in [0.15, 0.2) is 15.8 Å². The first-order valence-electron chi connectivity index (χ1n) is 5.87. The Hall–Kier alpha value is -1.43. The van der Waals surface area contributed by atoms with Crippen molar-refractivity contribution in [2.45, 2.75) is 25.8 Å². The molecule has 0 aromatic carbocycles. The quantitative estimate of drug-likeness (QED) is 0.786. The van der Waals surface area contributed by atoms with Crippen LogP contribution in [0.4, 0.5) is 4.39 Å². The predicted molar refractivity (Wildman–Crippen MR) is 61.5 cm³/mol. The Labute approximate surface area is 97.7 Å². The molecule has 0 aliphatic carbocycles. The molecular formula is C11H16FN3O2. The number of hydrogen-bond acceptors (Lipinski definition) is 3. The van der Waals surface area contributed by atoms with Gasteiger partial charge in [0.1, 0.15) is 0 Å². The number of nitrogens with one attached hydrogen (secondary N) is 2. The fraction of sp³-hybridized carbons (Fsp3) is 0.636. The van der Waals surface area contributed by atoms with Crippen molar-refractivity contribution < 1.29 is 4.39 Å². The zero-order valence-electron chi connectivity index (χ0n) is 9.54. The van der Waals surface area contributed by atoms with E-state index in [1.165, 1.54) is 4.57 Å². The molecule has 2 heterocycles. The first-order chi connectivity index (χ1) is 8.16. The third-order valence-electron chi connectivity index (χ3n) is 3.14. The lowest BCUT2D eigenvalue weighted by atomic mass is 9.96. The molecule has 94 valence electrons. The van der Waals surface area contributed by atoms with Gasteiger partial charge in [0.15, 0.2) is 0 Å². The predicted octanol–water partition coefficient (Wildman–Crippen LogP) is 0.0654. The topological polar surface area (TPSA) is 66.9 Å². The molecule has 1 aromatic heterocycles. The Morgan fingerprint density at radius 2 is 2.29 bits per heavy atom. The number of halogens is 1. The van der Waals surface area contributed by atoms with Crippen LogP contribution in [0.3, 0.4) is 0 Å². The summed E-state index contributed by atoms with van der Waals surface area (Å²) in [5.74, 6) is -0.392. The van der Waals surface area contributed by atoms with Gasteiger partial charge in [0.25, 0.3) is 5.56 Å². The van der Waals surface area contributed by atoms with E-state index in [2.05, 4.69) is 5.32 Å². The van der Waals surface area contributed by atoms with Crippen molar-refractivity contribution in [3.8, 4) is 0 Å². The van der Waals surface area contributed by atoms with Crippen molar-refractivity contribution in [1.29, 1.82) is 0 Å². The minimum Gasteiger partial charge on any atom is -0.316 e. The fourth-order valence-corrected chi connectivity index (χ4v) is 2.14. The highest BCUT2D eigenvalue weighted by Crippen LogP contribution is 2.14. The zero-order chi connectivity index (χ0) is 12.3. The number of piperidine rings is 1. The lowest BCUT2D eigenvalue weighted by molar-refractivity contribution is 0.337. The highest BCUT2D eigenvalue weighted by molar-refractivity contribution is 4.87.